The molecule has 0 fully saturated rings. The van der Waals surface area contributed by atoms with Crippen LogP contribution in [-0.2, 0) is 20.9 Å². The minimum Gasteiger partial charge on any atom is -0.449 e. The number of halogens is 1. The number of carbonyl (C=O) groups excluding carboxylic acids is 2. The van der Waals surface area contributed by atoms with Crippen LogP contribution in [0.5, 0.6) is 0 Å². The van der Waals surface area contributed by atoms with Crippen molar-refractivity contribution in [2.45, 2.75) is 19.6 Å². The Labute approximate surface area is 161 Å². The minimum absolute atomic E-state index is 0.0282. The van der Waals surface area contributed by atoms with Gasteiger partial charge in [-0.05, 0) is 31.2 Å². The largest absolute Gasteiger partial charge is 0.449 e. The molecule has 0 aliphatic heterocycles. The zero-order valence-corrected chi connectivity index (χ0v) is 15.6. The molecule has 1 N–H and O–H groups in total. The van der Waals surface area contributed by atoms with Gasteiger partial charge in [-0.25, -0.2) is 4.79 Å². The Bertz CT molecular complexity index is 981. The highest BCUT2D eigenvalue weighted by molar-refractivity contribution is 6.30. The maximum absolute atomic E-state index is 12.6. The number of amides is 1. The number of hydrogen-bond donors (Lipinski definition) is 1. The van der Waals surface area contributed by atoms with Crippen LogP contribution in [0.3, 0.4) is 0 Å². The molecule has 6 nitrogen and oxygen atoms in total. The summed E-state index contributed by atoms with van der Waals surface area (Å²) in [5.41, 5.74) is 1.65. The van der Waals surface area contributed by atoms with Crippen LogP contribution in [0.4, 0.5) is 5.69 Å². The van der Waals surface area contributed by atoms with Gasteiger partial charge in [-0.1, -0.05) is 35.9 Å². The highest BCUT2D eigenvalue weighted by Gasteiger charge is 2.25. The maximum Gasteiger partial charge on any atom is 0.375 e. The molecule has 3 aromatic rings. The normalized spacial score (nSPS) is 12.0. The number of hydrogen-bond acceptors (Lipinski definition) is 5. The first-order valence-electron chi connectivity index (χ1n) is 8.26. The Hall–Kier alpha value is -2.83. The van der Waals surface area contributed by atoms with Gasteiger partial charge in [-0.15, -0.1) is 0 Å². The Morgan fingerprint density at radius 3 is 2.70 bits per heavy atom. The van der Waals surface area contributed by atoms with Gasteiger partial charge in [0.25, 0.3) is 5.91 Å². The monoisotopic (exact) mass is 387 g/mol. The van der Waals surface area contributed by atoms with Gasteiger partial charge in [-0.2, -0.15) is 0 Å². The molecule has 1 unspecified atom stereocenters. The summed E-state index contributed by atoms with van der Waals surface area (Å²) in [6.45, 7) is 1.67. The lowest BCUT2D eigenvalue weighted by molar-refractivity contribution is -0.123. The van der Waals surface area contributed by atoms with Gasteiger partial charge in [0.05, 0.1) is 6.61 Å². The molecule has 1 heterocycles. The molecule has 3 rings (SSSR count). The van der Waals surface area contributed by atoms with Crippen LogP contribution in [0.15, 0.2) is 52.9 Å². The summed E-state index contributed by atoms with van der Waals surface area (Å²) in [5, 5.41) is 3.91. The Morgan fingerprint density at radius 1 is 1.19 bits per heavy atom. The molecule has 140 valence electrons. The average Bonchev–Trinajstić information content (AvgIpc) is 3.01. The lowest BCUT2D eigenvalue weighted by Crippen LogP contribution is -2.30. The summed E-state index contributed by atoms with van der Waals surface area (Å²) in [4.78, 5) is 24.8. The minimum atomic E-state index is -1.03. The number of rotatable bonds is 6. The standard InChI is InChI=1S/C20H18ClNO5/c1-12(19(23)22-14-7-5-6-13(21)10-14)26-20(24)18-16(11-25-2)15-8-3-4-9-17(15)27-18/h3-10,12H,11H2,1-2H3,(H,22,23). The second kappa shape index (κ2) is 8.24. The van der Waals surface area contributed by atoms with Gasteiger partial charge in [0.15, 0.2) is 6.10 Å². The van der Waals surface area contributed by atoms with E-state index < -0.39 is 18.0 Å². The summed E-state index contributed by atoms with van der Waals surface area (Å²) in [5.74, 6) is -1.18. The van der Waals surface area contributed by atoms with Crippen molar-refractivity contribution in [3.8, 4) is 0 Å². The third-order valence-electron chi connectivity index (χ3n) is 3.92. The molecule has 2 aromatic carbocycles. The van der Waals surface area contributed by atoms with Crippen LogP contribution >= 0.6 is 11.6 Å². The van der Waals surface area contributed by atoms with Gasteiger partial charge >= 0.3 is 5.97 Å². The SMILES string of the molecule is COCc1c(C(=O)OC(C)C(=O)Nc2cccc(Cl)c2)oc2ccccc12. The summed E-state index contributed by atoms with van der Waals surface area (Å²) in [7, 11) is 1.53. The molecule has 1 aromatic heterocycles. The van der Waals surface area contributed by atoms with Gasteiger partial charge in [-0.3, -0.25) is 4.79 Å². The van der Waals surface area contributed by atoms with Crippen LogP contribution < -0.4 is 5.32 Å². The van der Waals surface area contributed by atoms with Crippen molar-refractivity contribution < 1.29 is 23.5 Å². The zero-order chi connectivity index (χ0) is 19.4. The molecule has 1 atom stereocenters. The summed E-state index contributed by atoms with van der Waals surface area (Å²) in [6.07, 6.45) is -1.03. The van der Waals surface area contributed by atoms with E-state index in [0.717, 1.165) is 5.39 Å². The van der Waals surface area contributed by atoms with Crippen LogP contribution in [0.25, 0.3) is 11.0 Å². The number of benzene rings is 2. The quantitative estimate of drug-likeness (QED) is 0.633. The first kappa shape index (κ1) is 18.9. The average molecular weight is 388 g/mol. The first-order valence-corrected chi connectivity index (χ1v) is 8.64. The second-order valence-corrected chi connectivity index (χ2v) is 6.32. The fraction of sp³-hybridized carbons (Fsp3) is 0.200. The van der Waals surface area contributed by atoms with E-state index in [1.165, 1.54) is 14.0 Å². The third-order valence-corrected chi connectivity index (χ3v) is 4.15. The third kappa shape index (κ3) is 4.30. The molecule has 0 saturated carbocycles. The topological polar surface area (TPSA) is 77.8 Å². The van der Waals surface area contributed by atoms with Crippen molar-refractivity contribution in [1.82, 2.24) is 0 Å². The van der Waals surface area contributed by atoms with Gasteiger partial charge in [0.2, 0.25) is 5.76 Å². The maximum atomic E-state index is 12.6. The van der Waals surface area contributed by atoms with E-state index in [2.05, 4.69) is 5.32 Å². The number of carbonyl (C=O) groups is 2. The molecule has 7 heteroatoms. The summed E-state index contributed by atoms with van der Waals surface area (Å²) < 4.78 is 16.1. The number of anilines is 1. The van der Waals surface area contributed by atoms with Gasteiger partial charge in [0.1, 0.15) is 5.58 Å². The Balaban J connectivity index is 1.75. The number of esters is 1. The van der Waals surface area contributed by atoms with E-state index in [4.69, 9.17) is 25.5 Å². The molecule has 27 heavy (non-hydrogen) atoms. The fourth-order valence-corrected chi connectivity index (χ4v) is 2.82. The van der Waals surface area contributed by atoms with E-state index >= 15 is 0 Å². The predicted molar refractivity (Wildman–Crippen MR) is 102 cm³/mol. The molecule has 0 spiro atoms. The number of nitrogens with one attached hydrogen (secondary N) is 1. The number of ether oxygens (including phenoxy) is 2. The second-order valence-electron chi connectivity index (χ2n) is 5.89. The molecule has 0 bridgehead atoms. The van der Waals surface area contributed by atoms with Crippen LogP contribution in [-0.4, -0.2) is 25.1 Å². The molecule has 1 amide bonds. The van der Waals surface area contributed by atoms with Crippen molar-refractivity contribution >= 4 is 40.1 Å². The van der Waals surface area contributed by atoms with E-state index in [1.807, 2.05) is 12.1 Å². The molecular formula is C20H18ClNO5. The van der Waals surface area contributed by atoms with Crippen molar-refractivity contribution in [1.29, 1.82) is 0 Å². The number of fused-ring (bicyclic) bond motifs is 1. The lowest BCUT2D eigenvalue weighted by atomic mass is 10.1. The fourth-order valence-electron chi connectivity index (χ4n) is 2.63. The van der Waals surface area contributed by atoms with Gasteiger partial charge in [0, 0.05) is 28.8 Å². The number of para-hydroxylation sites is 1. The molecular weight excluding hydrogens is 370 g/mol. The first-order chi connectivity index (χ1) is 13.0. The van der Waals surface area contributed by atoms with Crippen molar-refractivity contribution in [3.05, 3.63) is 64.9 Å². The van der Waals surface area contributed by atoms with E-state index in [9.17, 15) is 9.59 Å². The van der Waals surface area contributed by atoms with Crippen LogP contribution in [0, 0.1) is 0 Å². The summed E-state index contributed by atoms with van der Waals surface area (Å²) in [6, 6.07) is 13.9. The molecule has 0 radical (unpaired) electrons. The van der Waals surface area contributed by atoms with E-state index in [1.54, 1.807) is 36.4 Å². The predicted octanol–water partition coefficient (Wildman–Crippen LogP) is 4.42. The number of furan rings is 1. The van der Waals surface area contributed by atoms with E-state index in [-0.39, 0.29) is 12.4 Å². The van der Waals surface area contributed by atoms with Crippen LogP contribution in [0.2, 0.25) is 5.02 Å². The molecule has 0 aliphatic rings. The number of methoxy groups -OCH3 is 1. The van der Waals surface area contributed by atoms with Crippen molar-refractivity contribution in [3.63, 3.8) is 0 Å². The Kier molecular flexibility index (Phi) is 5.78. The zero-order valence-electron chi connectivity index (χ0n) is 14.8. The summed E-state index contributed by atoms with van der Waals surface area (Å²) >= 11 is 5.90. The molecule has 0 aliphatic carbocycles. The lowest BCUT2D eigenvalue weighted by Gasteiger charge is -2.13. The van der Waals surface area contributed by atoms with Crippen LogP contribution in [0.1, 0.15) is 23.0 Å². The van der Waals surface area contributed by atoms with Gasteiger partial charge < -0.3 is 19.2 Å². The Morgan fingerprint density at radius 2 is 1.96 bits per heavy atom. The highest BCUT2D eigenvalue weighted by atomic mass is 35.5. The smallest absolute Gasteiger partial charge is 0.375 e. The highest BCUT2D eigenvalue weighted by Crippen LogP contribution is 2.27. The van der Waals surface area contributed by atoms with E-state index in [0.29, 0.717) is 21.9 Å². The van der Waals surface area contributed by atoms with Crippen molar-refractivity contribution in [2.75, 3.05) is 12.4 Å². The molecule has 0 saturated heterocycles. The van der Waals surface area contributed by atoms with Crippen molar-refractivity contribution in [2.24, 2.45) is 0 Å².